The van der Waals surface area contributed by atoms with Crippen LogP contribution < -0.4 is 5.73 Å². The monoisotopic (exact) mass is 252 g/mol. The Balaban J connectivity index is 2.13. The highest BCUT2D eigenvalue weighted by Crippen LogP contribution is 2.33. The van der Waals surface area contributed by atoms with Crippen molar-refractivity contribution in [3.63, 3.8) is 0 Å². The van der Waals surface area contributed by atoms with Crippen molar-refractivity contribution in [1.82, 2.24) is 0 Å². The Morgan fingerprint density at radius 3 is 2.62 bits per heavy atom. The van der Waals surface area contributed by atoms with Crippen LogP contribution in [-0.4, -0.2) is 5.84 Å². The van der Waals surface area contributed by atoms with Crippen LogP contribution in [0.25, 0.3) is 9.40 Å². The van der Waals surface area contributed by atoms with Crippen LogP contribution in [0.4, 0.5) is 0 Å². The summed E-state index contributed by atoms with van der Waals surface area (Å²) in [4.78, 5) is 2.35. The van der Waals surface area contributed by atoms with Gasteiger partial charge in [-0.3, -0.25) is 5.41 Å². The molecule has 0 spiro atoms. The lowest BCUT2D eigenvalue weighted by Crippen LogP contribution is -2.08. The summed E-state index contributed by atoms with van der Waals surface area (Å²) in [6.07, 6.45) is 5.05. The van der Waals surface area contributed by atoms with E-state index in [0.29, 0.717) is 0 Å². The number of hydrogen-bond donors (Lipinski definition) is 2. The first-order chi connectivity index (χ1) is 7.70. The van der Waals surface area contributed by atoms with E-state index in [1.807, 2.05) is 17.4 Å². The number of thiophene rings is 2. The summed E-state index contributed by atoms with van der Waals surface area (Å²) in [7, 11) is 0. The first-order valence-electron chi connectivity index (χ1n) is 5.57. The number of amidine groups is 1. The molecule has 0 bridgehead atoms. The molecule has 0 fully saturated rings. The van der Waals surface area contributed by atoms with E-state index in [1.54, 1.807) is 11.3 Å². The van der Waals surface area contributed by atoms with Crippen LogP contribution in [0.1, 0.15) is 35.9 Å². The Labute approximate surface area is 104 Å². The Bertz CT molecular complexity index is 465. The minimum Gasteiger partial charge on any atom is -0.383 e. The van der Waals surface area contributed by atoms with Crippen LogP contribution in [0.3, 0.4) is 0 Å². The van der Waals surface area contributed by atoms with Crippen molar-refractivity contribution < 1.29 is 0 Å². The van der Waals surface area contributed by atoms with E-state index in [4.69, 9.17) is 11.1 Å². The predicted molar refractivity (Wildman–Crippen MR) is 73.9 cm³/mol. The van der Waals surface area contributed by atoms with E-state index in [1.165, 1.54) is 40.0 Å². The van der Waals surface area contributed by atoms with E-state index in [0.717, 1.165) is 4.88 Å². The zero-order valence-electron chi connectivity index (χ0n) is 9.38. The average Bonchev–Trinajstić information content (AvgIpc) is 2.75. The van der Waals surface area contributed by atoms with Gasteiger partial charge >= 0.3 is 0 Å². The molecule has 2 rings (SSSR count). The topological polar surface area (TPSA) is 49.9 Å². The van der Waals surface area contributed by atoms with Gasteiger partial charge in [-0.05, 0) is 25.0 Å². The molecule has 2 nitrogen and oxygen atoms in total. The van der Waals surface area contributed by atoms with Gasteiger partial charge in [-0.15, -0.1) is 22.7 Å². The number of nitrogens with one attached hydrogen (secondary N) is 1. The summed E-state index contributed by atoms with van der Waals surface area (Å²) in [5.74, 6) is 0.181. The second kappa shape index (κ2) is 4.97. The van der Waals surface area contributed by atoms with Gasteiger partial charge in [-0.25, -0.2) is 0 Å². The largest absolute Gasteiger partial charge is 0.383 e. The smallest absolute Gasteiger partial charge is 0.133 e. The van der Waals surface area contributed by atoms with Gasteiger partial charge in [-0.2, -0.15) is 0 Å². The van der Waals surface area contributed by atoms with Gasteiger partial charge in [0.25, 0.3) is 0 Å². The highest BCUT2D eigenvalue weighted by atomic mass is 32.1. The summed E-state index contributed by atoms with van der Waals surface area (Å²) in [6, 6.07) is 4.29. The molecular formula is C12H16N2S2. The number of nitrogens with two attached hydrogens (primary N) is 1. The molecule has 0 aliphatic carbocycles. The zero-order chi connectivity index (χ0) is 11.5. The molecule has 4 heteroatoms. The Hall–Kier alpha value is -0.870. The van der Waals surface area contributed by atoms with Crippen molar-refractivity contribution in [3.8, 4) is 0 Å². The maximum absolute atomic E-state index is 7.39. The van der Waals surface area contributed by atoms with Crippen LogP contribution in [0, 0.1) is 5.41 Å². The molecule has 0 unspecified atom stereocenters. The molecule has 0 saturated carbocycles. The highest BCUT2D eigenvalue weighted by molar-refractivity contribution is 7.28. The van der Waals surface area contributed by atoms with Crippen molar-refractivity contribution in [2.45, 2.75) is 32.6 Å². The molecule has 86 valence electrons. The summed E-state index contributed by atoms with van der Waals surface area (Å²) in [5, 5.41) is 7.39. The molecule has 16 heavy (non-hydrogen) atoms. The van der Waals surface area contributed by atoms with E-state index in [-0.39, 0.29) is 5.84 Å². The summed E-state index contributed by atoms with van der Waals surface area (Å²) >= 11 is 3.47. The number of rotatable bonds is 5. The van der Waals surface area contributed by atoms with Gasteiger partial charge in [-0.1, -0.05) is 19.8 Å². The van der Waals surface area contributed by atoms with Crippen LogP contribution >= 0.6 is 22.7 Å². The Morgan fingerprint density at radius 1 is 1.25 bits per heavy atom. The number of fused-ring (bicyclic) bond motifs is 1. The van der Waals surface area contributed by atoms with Gasteiger partial charge in [0.1, 0.15) is 5.84 Å². The molecule has 0 aliphatic heterocycles. The Kier molecular flexibility index (Phi) is 3.61. The van der Waals surface area contributed by atoms with Crippen molar-refractivity contribution >= 4 is 37.9 Å². The average molecular weight is 252 g/mol. The van der Waals surface area contributed by atoms with Crippen molar-refractivity contribution in [2.24, 2.45) is 5.73 Å². The number of nitrogen functional groups attached to an aromatic ring is 1. The molecule has 2 heterocycles. The second-order valence-electron chi connectivity index (χ2n) is 3.92. The van der Waals surface area contributed by atoms with E-state index < -0.39 is 0 Å². The van der Waals surface area contributed by atoms with Gasteiger partial charge in [0, 0.05) is 14.3 Å². The summed E-state index contributed by atoms with van der Waals surface area (Å²) in [6.45, 7) is 2.23. The maximum Gasteiger partial charge on any atom is 0.133 e. The van der Waals surface area contributed by atoms with E-state index >= 15 is 0 Å². The fourth-order valence-corrected chi connectivity index (χ4v) is 4.02. The number of unbranched alkanes of at least 4 members (excludes halogenated alkanes) is 2. The lowest BCUT2D eigenvalue weighted by atomic mass is 10.2. The standard InChI is InChI=1S/C12H16N2S2/c1-2-3-4-5-8-6-9-10(15-8)7-11(16-9)12(13)14/h6-7H,2-5H2,1H3,(H3,13,14). The summed E-state index contributed by atoms with van der Waals surface area (Å²) in [5.41, 5.74) is 5.47. The van der Waals surface area contributed by atoms with Gasteiger partial charge in [0.15, 0.2) is 0 Å². The van der Waals surface area contributed by atoms with Crippen LogP contribution in [0.5, 0.6) is 0 Å². The van der Waals surface area contributed by atoms with E-state index in [9.17, 15) is 0 Å². The third-order valence-electron chi connectivity index (χ3n) is 2.55. The van der Waals surface area contributed by atoms with Crippen molar-refractivity contribution in [3.05, 3.63) is 21.9 Å². The van der Waals surface area contributed by atoms with Crippen LogP contribution in [0.2, 0.25) is 0 Å². The minimum absolute atomic E-state index is 0.181. The quantitative estimate of drug-likeness (QED) is 0.472. The molecular weight excluding hydrogens is 236 g/mol. The van der Waals surface area contributed by atoms with Gasteiger partial charge < -0.3 is 5.73 Å². The molecule has 2 aromatic heterocycles. The predicted octanol–water partition coefficient (Wildman–Crippen LogP) is 3.98. The minimum atomic E-state index is 0.181. The summed E-state index contributed by atoms with van der Waals surface area (Å²) < 4.78 is 2.56. The zero-order valence-corrected chi connectivity index (χ0v) is 11.0. The first-order valence-corrected chi connectivity index (χ1v) is 7.20. The molecule has 3 N–H and O–H groups in total. The van der Waals surface area contributed by atoms with Crippen molar-refractivity contribution in [2.75, 3.05) is 0 Å². The van der Waals surface area contributed by atoms with Crippen molar-refractivity contribution in [1.29, 1.82) is 5.41 Å². The van der Waals surface area contributed by atoms with Gasteiger partial charge in [0.05, 0.1) is 4.88 Å². The molecule has 0 saturated heterocycles. The molecule has 2 aromatic rings. The molecule has 0 atom stereocenters. The SMILES string of the molecule is CCCCCc1cc2sc(C(=N)N)cc2s1. The third-order valence-corrected chi connectivity index (χ3v) is 4.94. The number of hydrogen-bond acceptors (Lipinski definition) is 3. The van der Waals surface area contributed by atoms with Crippen LogP contribution in [0.15, 0.2) is 12.1 Å². The third kappa shape index (κ3) is 2.44. The molecule has 0 aliphatic rings. The van der Waals surface area contributed by atoms with Gasteiger partial charge in [0.2, 0.25) is 0 Å². The fourth-order valence-electron chi connectivity index (χ4n) is 1.69. The van der Waals surface area contributed by atoms with Crippen LogP contribution in [-0.2, 0) is 6.42 Å². The number of aryl methyl sites for hydroxylation is 1. The molecule has 0 amide bonds. The second-order valence-corrected chi connectivity index (χ2v) is 6.17. The lowest BCUT2D eigenvalue weighted by molar-refractivity contribution is 0.723. The molecule has 0 aromatic carbocycles. The maximum atomic E-state index is 7.39. The molecule has 0 radical (unpaired) electrons. The van der Waals surface area contributed by atoms with E-state index in [2.05, 4.69) is 13.0 Å². The highest BCUT2D eigenvalue weighted by Gasteiger charge is 2.08. The Morgan fingerprint density at radius 2 is 2.00 bits per heavy atom. The lowest BCUT2D eigenvalue weighted by Gasteiger charge is -1.94. The first kappa shape index (κ1) is 11.6. The fraction of sp³-hybridized carbons (Fsp3) is 0.417. The normalized spacial score (nSPS) is 11.1.